The summed E-state index contributed by atoms with van der Waals surface area (Å²) < 4.78 is 9.75. The number of benzene rings is 1. The second kappa shape index (κ2) is 7.03. The first kappa shape index (κ1) is 18.9. The van der Waals surface area contributed by atoms with Crippen LogP contribution >= 0.6 is 0 Å². The molecule has 3 rings (SSSR count). The number of aliphatic hydroxyl groups is 1. The minimum atomic E-state index is -0.844. The molecule has 3 aromatic rings. The standard InChI is InChI=1S/C19H24N4O4/c1-11-6-7-12(2)16(13(11)3)27-9-14(24)8-23-10-20-17-15(23)18(25)22(5)19(26)21(17)4/h6-7,10,14,24H,8-9H2,1-5H3. The molecule has 1 atom stereocenters. The fraction of sp³-hybridized carbons (Fsp3) is 0.421. The Balaban J connectivity index is 1.84. The predicted molar refractivity (Wildman–Crippen MR) is 102 cm³/mol. The lowest BCUT2D eigenvalue weighted by molar-refractivity contribution is 0.0926. The lowest BCUT2D eigenvalue weighted by atomic mass is 10.1. The van der Waals surface area contributed by atoms with Gasteiger partial charge in [0, 0.05) is 14.1 Å². The summed E-state index contributed by atoms with van der Waals surface area (Å²) in [7, 11) is 2.98. The zero-order valence-corrected chi connectivity index (χ0v) is 16.2. The minimum Gasteiger partial charge on any atom is -0.490 e. The quantitative estimate of drug-likeness (QED) is 0.715. The number of aromatic nitrogens is 4. The number of aliphatic hydroxyl groups excluding tert-OH is 1. The highest BCUT2D eigenvalue weighted by Crippen LogP contribution is 2.25. The second-order valence-electron chi connectivity index (χ2n) is 6.89. The smallest absolute Gasteiger partial charge is 0.332 e. The highest BCUT2D eigenvalue weighted by molar-refractivity contribution is 5.69. The number of ether oxygens (including phenoxy) is 1. The van der Waals surface area contributed by atoms with Crippen molar-refractivity contribution >= 4 is 11.2 Å². The molecule has 0 aliphatic rings. The molecule has 1 N–H and O–H groups in total. The van der Waals surface area contributed by atoms with E-state index in [1.165, 1.54) is 17.9 Å². The van der Waals surface area contributed by atoms with Gasteiger partial charge in [-0.3, -0.25) is 13.9 Å². The summed E-state index contributed by atoms with van der Waals surface area (Å²) in [6, 6.07) is 4.02. The summed E-state index contributed by atoms with van der Waals surface area (Å²) in [4.78, 5) is 28.6. The Hall–Kier alpha value is -2.87. The Kier molecular flexibility index (Phi) is 4.93. The zero-order valence-electron chi connectivity index (χ0n) is 16.2. The third-order valence-electron chi connectivity index (χ3n) is 4.92. The molecule has 0 bridgehead atoms. The molecule has 1 unspecified atom stereocenters. The SMILES string of the molecule is Cc1ccc(C)c(OCC(O)Cn2cnc3c2c(=O)n(C)c(=O)n3C)c1C. The number of nitrogens with zero attached hydrogens (tertiary/aromatic N) is 4. The molecule has 0 saturated carbocycles. The maximum atomic E-state index is 12.4. The first-order chi connectivity index (χ1) is 12.7. The van der Waals surface area contributed by atoms with Crippen molar-refractivity contribution in [1.82, 2.24) is 18.7 Å². The van der Waals surface area contributed by atoms with E-state index in [2.05, 4.69) is 4.98 Å². The van der Waals surface area contributed by atoms with Gasteiger partial charge in [-0.05, 0) is 37.5 Å². The number of hydrogen-bond donors (Lipinski definition) is 1. The van der Waals surface area contributed by atoms with E-state index in [1.807, 2.05) is 32.9 Å². The van der Waals surface area contributed by atoms with Gasteiger partial charge in [-0.2, -0.15) is 0 Å². The van der Waals surface area contributed by atoms with Crippen molar-refractivity contribution in [3.05, 3.63) is 56.0 Å². The molecule has 0 aliphatic heterocycles. The van der Waals surface area contributed by atoms with Crippen LogP contribution in [0, 0.1) is 20.8 Å². The van der Waals surface area contributed by atoms with E-state index in [1.54, 1.807) is 11.6 Å². The topological polar surface area (TPSA) is 91.3 Å². The van der Waals surface area contributed by atoms with E-state index < -0.39 is 17.4 Å². The highest BCUT2D eigenvalue weighted by atomic mass is 16.5. The van der Waals surface area contributed by atoms with Gasteiger partial charge in [-0.25, -0.2) is 9.78 Å². The lowest BCUT2D eigenvalue weighted by Gasteiger charge is -2.17. The van der Waals surface area contributed by atoms with Crippen LogP contribution in [0.1, 0.15) is 16.7 Å². The summed E-state index contributed by atoms with van der Waals surface area (Å²) >= 11 is 0. The van der Waals surface area contributed by atoms with Crippen LogP contribution in [0.25, 0.3) is 11.2 Å². The van der Waals surface area contributed by atoms with Gasteiger partial charge in [0.15, 0.2) is 11.2 Å². The second-order valence-corrected chi connectivity index (χ2v) is 6.89. The van der Waals surface area contributed by atoms with Gasteiger partial charge < -0.3 is 14.4 Å². The van der Waals surface area contributed by atoms with Crippen molar-refractivity contribution in [2.75, 3.05) is 6.61 Å². The molecule has 2 heterocycles. The Bertz CT molecular complexity index is 1120. The van der Waals surface area contributed by atoms with Gasteiger partial charge in [0.1, 0.15) is 18.5 Å². The van der Waals surface area contributed by atoms with Gasteiger partial charge in [0.05, 0.1) is 12.9 Å². The van der Waals surface area contributed by atoms with Crippen LogP contribution in [-0.4, -0.2) is 36.5 Å². The van der Waals surface area contributed by atoms with Crippen molar-refractivity contribution in [1.29, 1.82) is 0 Å². The molecule has 0 amide bonds. The van der Waals surface area contributed by atoms with Crippen LogP contribution in [0.15, 0.2) is 28.0 Å². The van der Waals surface area contributed by atoms with Crippen LogP contribution in [0.4, 0.5) is 0 Å². The normalized spacial score (nSPS) is 12.5. The molecule has 1 aromatic carbocycles. The maximum Gasteiger partial charge on any atom is 0.332 e. The molecule has 8 nitrogen and oxygen atoms in total. The Morgan fingerprint density at radius 1 is 1.11 bits per heavy atom. The third-order valence-corrected chi connectivity index (χ3v) is 4.92. The number of hydrogen-bond acceptors (Lipinski definition) is 5. The Morgan fingerprint density at radius 2 is 1.78 bits per heavy atom. The Labute approximate surface area is 156 Å². The van der Waals surface area contributed by atoms with E-state index in [-0.39, 0.29) is 18.7 Å². The first-order valence-corrected chi connectivity index (χ1v) is 8.71. The van der Waals surface area contributed by atoms with E-state index in [4.69, 9.17) is 4.74 Å². The summed E-state index contributed by atoms with van der Waals surface area (Å²) in [5.74, 6) is 0.767. The first-order valence-electron chi connectivity index (χ1n) is 8.71. The average Bonchev–Trinajstić information content (AvgIpc) is 3.05. The largest absolute Gasteiger partial charge is 0.490 e. The number of imidazole rings is 1. The van der Waals surface area contributed by atoms with Gasteiger partial charge in [-0.1, -0.05) is 12.1 Å². The zero-order chi connectivity index (χ0) is 19.9. The average molecular weight is 372 g/mol. The molecular formula is C19H24N4O4. The minimum absolute atomic E-state index is 0.0802. The van der Waals surface area contributed by atoms with Crippen LogP contribution in [-0.2, 0) is 20.6 Å². The van der Waals surface area contributed by atoms with E-state index >= 15 is 0 Å². The molecule has 0 fully saturated rings. The monoisotopic (exact) mass is 372 g/mol. The number of fused-ring (bicyclic) bond motifs is 1. The summed E-state index contributed by atoms with van der Waals surface area (Å²) in [5.41, 5.74) is 2.86. The van der Waals surface area contributed by atoms with Gasteiger partial charge in [-0.15, -0.1) is 0 Å². The fourth-order valence-electron chi connectivity index (χ4n) is 3.14. The highest BCUT2D eigenvalue weighted by Gasteiger charge is 2.17. The van der Waals surface area contributed by atoms with Gasteiger partial charge >= 0.3 is 5.69 Å². The van der Waals surface area contributed by atoms with Gasteiger partial charge in [0.25, 0.3) is 5.56 Å². The molecule has 0 aliphatic carbocycles. The van der Waals surface area contributed by atoms with E-state index in [9.17, 15) is 14.7 Å². The van der Waals surface area contributed by atoms with Crippen LogP contribution in [0.3, 0.4) is 0 Å². The molecule has 0 saturated heterocycles. The molecular weight excluding hydrogens is 348 g/mol. The fourth-order valence-corrected chi connectivity index (χ4v) is 3.14. The summed E-state index contributed by atoms with van der Waals surface area (Å²) in [6.45, 7) is 6.17. The molecule has 8 heteroatoms. The van der Waals surface area contributed by atoms with Crippen LogP contribution in [0.5, 0.6) is 5.75 Å². The molecule has 144 valence electrons. The molecule has 2 aromatic heterocycles. The van der Waals surface area contributed by atoms with Crippen molar-refractivity contribution in [3.8, 4) is 5.75 Å². The molecule has 27 heavy (non-hydrogen) atoms. The Morgan fingerprint density at radius 3 is 2.48 bits per heavy atom. The van der Waals surface area contributed by atoms with Crippen LogP contribution < -0.4 is 16.0 Å². The summed E-state index contributed by atoms with van der Waals surface area (Å²) in [6.07, 6.45) is 0.612. The predicted octanol–water partition coefficient (Wildman–Crippen LogP) is 0.799. The van der Waals surface area contributed by atoms with Crippen molar-refractivity contribution < 1.29 is 9.84 Å². The molecule has 0 spiro atoms. The lowest BCUT2D eigenvalue weighted by Crippen LogP contribution is -2.38. The third kappa shape index (κ3) is 3.28. The molecule has 0 radical (unpaired) electrons. The van der Waals surface area contributed by atoms with Crippen molar-refractivity contribution in [2.45, 2.75) is 33.4 Å². The van der Waals surface area contributed by atoms with E-state index in [0.29, 0.717) is 5.65 Å². The number of aryl methyl sites for hydroxylation is 3. The van der Waals surface area contributed by atoms with E-state index in [0.717, 1.165) is 27.0 Å². The van der Waals surface area contributed by atoms with Gasteiger partial charge in [0.2, 0.25) is 0 Å². The maximum absolute atomic E-state index is 12.4. The summed E-state index contributed by atoms with van der Waals surface area (Å²) in [5, 5.41) is 10.4. The van der Waals surface area contributed by atoms with Crippen molar-refractivity contribution in [3.63, 3.8) is 0 Å². The van der Waals surface area contributed by atoms with Crippen LogP contribution in [0.2, 0.25) is 0 Å². The van der Waals surface area contributed by atoms with Crippen molar-refractivity contribution in [2.24, 2.45) is 14.1 Å². The number of rotatable bonds is 5.